The number of benzene rings is 1. The lowest BCUT2D eigenvalue weighted by molar-refractivity contribution is -0.297. The molecule has 29 heavy (non-hydrogen) atoms. The van der Waals surface area contributed by atoms with Crippen LogP contribution in [-0.2, 0) is 10.0 Å². The summed E-state index contributed by atoms with van der Waals surface area (Å²) in [4.78, 5) is 14.3. The van der Waals surface area contributed by atoms with Gasteiger partial charge in [-0.1, -0.05) is 0 Å². The van der Waals surface area contributed by atoms with Gasteiger partial charge in [0.1, 0.15) is 12.4 Å². The molecular formula is C14H16F6N4O4S. The van der Waals surface area contributed by atoms with Crippen molar-refractivity contribution < 1.29 is 44.3 Å². The smallest absolute Gasteiger partial charge is 0.420 e. The van der Waals surface area contributed by atoms with Crippen molar-refractivity contribution in [3.8, 4) is 5.75 Å². The number of fused-ring (bicyclic) bond motifs is 1. The summed E-state index contributed by atoms with van der Waals surface area (Å²) in [6, 6.07) is 1.57. The Morgan fingerprint density at radius 2 is 1.72 bits per heavy atom. The van der Waals surface area contributed by atoms with E-state index in [0.29, 0.717) is 17.5 Å². The second-order valence-electron chi connectivity index (χ2n) is 6.20. The number of ether oxygens (including phenoxy) is 1. The summed E-state index contributed by atoms with van der Waals surface area (Å²) < 4.78 is 106. The molecule has 0 saturated heterocycles. The van der Waals surface area contributed by atoms with Crippen LogP contribution in [-0.4, -0.2) is 52.5 Å². The third-order valence-corrected chi connectivity index (χ3v) is 5.38. The number of anilines is 1. The molecule has 0 spiro atoms. The lowest BCUT2D eigenvalue weighted by atomic mass is 10.0. The predicted molar refractivity (Wildman–Crippen MR) is 87.7 cm³/mol. The maximum Gasteiger partial charge on any atom is 0.420 e. The second kappa shape index (κ2) is 7.44. The summed E-state index contributed by atoms with van der Waals surface area (Å²) in [7, 11) is -2.78. The fourth-order valence-corrected chi connectivity index (χ4v) is 3.09. The lowest BCUT2D eigenvalue weighted by Crippen LogP contribution is -2.67. The number of carbonyl (C=O) groups excluding carboxylic acids is 1. The summed E-state index contributed by atoms with van der Waals surface area (Å²) >= 11 is 0. The molecular weight excluding hydrogens is 434 g/mol. The summed E-state index contributed by atoms with van der Waals surface area (Å²) in [5.41, 5.74) is -2.75. The van der Waals surface area contributed by atoms with Gasteiger partial charge in [-0.05, 0) is 19.1 Å². The van der Waals surface area contributed by atoms with E-state index in [0.717, 1.165) is 12.1 Å². The molecule has 1 heterocycles. The number of nitrogens with one attached hydrogen (secondary N) is 3. The number of urea groups is 1. The quantitative estimate of drug-likeness (QED) is 0.481. The predicted octanol–water partition coefficient (Wildman–Crippen LogP) is 1.89. The molecule has 164 valence electrons. The van der Waals surface area contributed by atoms with Crippen LogP contribution in [0.25, 0.3) is 0 Å². The highest BCUT2D eigenvalue weighted by Crippen LogP contribution is 2.42. The van der Waals surface area contributed by atoms with Crippen LogP contribution in [0.1, 0.15) is 6.92 Å². The number of hydrazine groups is 1. The number of amides is 2. The van der Waals surface area contributed by atoms with E-state index in [-0.39, 0.29) is 19.3 Å². The third kappa shape index (κ3) is 4.60. The van der Waals surface area contributed by atoms with Crippen LogP contribution < -0.4 is 25.2 Å². The average Bonchev–Trinajstić information content (AvgIpc) is 2.58. The van der Waals surface area contributed by atoms with Crippen LogP contribution >= 0.6 is 0 Å². The van der Waals surface area contributed by atoms with Gasteiger partial charge in [0.2, 0.25) is 5.54 Å². The summed E-state index contributed by atoms with van der Waals surface area (Å²) in [5, 5.41) is 0.695. The molecule has 0 aromatic heterocycles. The molecule has 2 amide bonds. The van der Waals surface area contributed by atoms with E-state index in [1.807, 2.05) is 0 Å². The van der Waals surface area contributed by atoms with E-state index in [4.69, 9.17) is 4.74 Å². The summed E-state index contributed by atoms with van der Waals surface area (Å²) in [5.74, 6) is 0.202. The van der Waals surface area contributed by atoms with E-state index in [1.54, 1.807) is 11.9 Å². The molecule has 15 heteroatoms. The van der Waals surface area contributed by atoms with Crippen molar-refractivity contribution in [2.75, 3.05) is 25.1 Å². The molecule has 8 nitrogen and oxygen atoms in total. The molecule has 1 aromatic carbocycles. The van der Waals surface area contributed by atoms with Gasteiger partial charge in [-0.25, -0.2) is 13.2 Å². The molecule has 0 bridgehead atoms. The van der Waals surface area contributed by atoms with E-state index in [9.17, 15) is 39.6 Å². The number of carbonyl (C=O) groups is 1. The van der Waals surface area contributed by atoms with E-state index in [1.165, 1.54) is 16.3 Å². The molecule has 1 aliphatic rings. The van der Waals surface area contributed by atoms with Crippen LogP contribution in [0.15, 0.2) is 23.1 Å². The minimum atomic E-state index is -5.89. The number of likely N-dealkylation sites (N-methyl/N-ethyl adjacent to an activating group) is 1. The van der Waals surface area contributed by atoms with Gasteiger partial charge in [0.25, 0.3) is 10.0 Å². The van der Waals surface area contributed by atoms with E-state index in [2.05, 4.69) is 0 Å². The van der Waals surface area contributed by atoms with Crippen molar-refractivity contribution in [3.05, 3.63) is 18.2 Å². The third-order valence-electron chi connectivity index (χ3n) is 4.13. The monoisotopic (exact) mass is 450 g/mol. The Morgan fingerprint density at radius 1 is 1.14 bits per heavy atom. The Kier molecular flexibility index (Phi) is 5.87. The fraction of sp³-hybridized carbons (Fsp3) is 0.500. The van der Waals surface area contributed by atoms with Gasteiger partial charge in [-0.2, -0.15) is 26.3 Å². The second-order valence-corrected chi connectivity index (χ2v) is 7.89. The van der Waals surface area contributed by atoms with Gasteiger partial charge >= 0.3 is 18.4 Å². The lowest BCUT2D eigenvalue weighted by Gasteiger charge is -2.34. The first-order chi connectivity index (χ1) is 13.1. The van der Waals surface area contributed by atoms with Gasteiger partial charge in [-0.15, -0.1) is 4.83 Å². The molecule has 0 fully saturated rings. The maximum absolute atomic E-state index is 12.8. The summed E-state index contributed by atoms with van der Waals surface area (Å²) in [6.07, 6.45) is -11.8. The number of halogens is 6. The Morgan fingerprint density at radius 3 is 2.28 bits per heavy atom. The fourth-order valence-electron chi connectivity index (χ4n) is 2.24. The molecule has 0 saturated carbocycles. The Bertz CT molecular complexity index is 873. The maximum atomic E-state index is 12.8. The first-order valence-electron chi connectivity index (χ1n) is 7.80. The van der Waals surface area contributed by atoms with Gasteiger partial charge in [0, 0.05) is 13.1 Å². The minimum absolute atomic E-state index is 0.202. The Balaban J connectivity index is 2.13. The minimum Gasteiger partial charge on any atom is -0.490 e. The zero-order valence-corrected chi connectivity index (χ0v) is 15.7. The molecule has 3 N–H and O–H groups in total. The highest BCUT2D eigenvalue weighted by atomic mass is 32.2. The van der Waals surface area contributed by atoms with Crippen molar-refractivity contribution >= 4 is 21.7 Å². The Labute approximate surface area is 161 Å². The van der Waals surface area contributed by atoms with Gasteiger partial charge in [0.15, 0.2) is 0 Å². The molecule has 0 unspecified atom stereocenters. The highest BCUT2D eigenvalue weighted by Gasteiger charge is 2.68. The number of nitrogens with zero attached hydrogens (tertiary/aromatic N) is 1. The molecule has 2 rings (SSSR count). The Hall–Kier alpha value is -2.42. The highest BCUT2D eigenvalue weighted by molar-refractivity contribution is 7.89. The molecule has 0 aliphatic carbocycles. The van der Waals surface area contributed by atoms with Crippen molar-refractivity contribution in [3.63, 3.8) is 0 Å². The zero-order chi connectivity index (χ0) is 22.3. The van der Waals surface area contributed by atoms with Crippen molar-refractivity contribution in [2.45, 2.75) is 29.7 Å². The average molecular weight is 450 g/mol. The van der Waals surface area contributed by atoms with Crippen molar-refractivity contribution in [2.24, 2.45) is 0 Å². The van der Waals surface area contributed by atoms with Crippen molar-refractivity contribution in [1.82, 2.24) is 15.6 Å². The molecule has 0 radical (unpaired) electrons. The number of alkyl halides is 6. The normalized spacial score (nSPS) is 15.4. The number of hydrogen-bond donors (Lipinski definition) is 3. The zero-order valence-electron chi connectivity index (χ0n) is 14.9. The van der Waals surface area contributed by atoms with Crippen LogP contribution in [0.3, 0.4) is 0 Å². The van der Waals surface area contributed by atoms with Crippen LogP contribution in [0.5, 0.6) is 5.75 Å². The number of rotatable bonds is 4. The van der Waals surface area contributed by atoms with E-state index < -0.39 is 38.8 Å². The van der Waals surface area contributed by atoms with Crippen LogP contribution in [0.2, 0.25) is 0 Å². The largest absolute Gasteiger partial charge is 0.490 e. The van der Waals surface area contributed by atoms with E-state index >= 15 is 0 Å². The SMILES string of the molecule is CN1CCOc2cc(S(=O)(=O)NNC(=O)NC(C)(C(F)(F)F)C(F)(F)F)ccc21. The first kappa shape index (κ1) is 22.9. The topological polar surface area (TPSA) is 99.8 Å². The molecule has 1 aromatic rings. The van der Waals surface area contributed by atoms with Gasteiger partial charge in [-0.3, -0.25) is 5.43 Å². The van der Waals surface area contributed by atoms with Crippen molar-refractivity contribution in [1.29, 1.82) is 0 Å². The van der Waals surface area contributed by atoms with Gasteiger partial charge < -0.3 is 15.0 Å². The number of hydrogen-bond acceptors (Lipinski definition) is 5. The first-order valence-corrected chi connectivity index (χ1v) is 9.28. The molecule has 0 atom stereocenters. The summed E-state index contributed by atoms with van der Waals surface area (Å²) in [6.45, 7) is 0.531. The molecule has 1 aliphatic heterocycles. The van der Waals surface area contributed by atoms with Crippen LogP contribution in [0, 0.1) is 0 Å². The number of sulfonamides is 1. The standard InChI is InChI=1S/C14H16F6N4O4S/c1-12(13(15,16)17,14(18,19)20)21-11(25)22-23-29(26,27)8-3-4-9-10(7-8)28-6-5-24(9)2/h3-4,7,23H,5-6H2,1-2H3,(H2,21,22,25). The van der Waals surface area contributed by atoms with Gasteiger partial charge in [0.05, 0.1) is 17.1 Å². The van der Waals surface area contributed by atoms with Crippen LogP contribution in [0.4, 0.5) is 36.8 Å².